The number of aliphatic carboxylic acids is 1. The highest BCUT2D eigenvalue weighted by atomic mass is 16.4. The zero-order valence-corrected chi connectivity index (χ0v) is 16.0. The number of carboxylic acids is 1. The minimum Gasteiger partial charge on any atom is -0.480 e. The SMILES string of the molecule is O=C(O)CN(CC1CC1)C1CC(NC(=O)CN2C(=O)NC3(CCCC3)C2=O)C1. The Labute approximate surface area is 163 Å². The normalized spacial score (nSPS) is 28.5. The van der Waals surface area contributed by atoms with Gasteiger partial charge in [0.15, 0.2) is 0 Å². The minimum atomic E-state index is -0.826. The molecule has 0 unspecified atom stereocenters. The Morgan fingerprint density at radius 2 is 1.89 bits per heavy atom. The molecule has 4 aliphatic rings. The van der Waals surface area contributed by atoms with Crippen molar-refractivity contribution in [2.75, 3.05) is 19.6 Å². The first kappa shape index (κ1) is 19.2. The van der Waals surface area contributed by atoms with Crippen molar-refractivity contribution < 1.29 is 24.3 Å². The van der Waals surface area contributed by atoms with Crippen molar-refractivity contribution in [3.05, 3.63) is 0 Å². The first-order valence-corrected chi connectivity index (χ1v) is 10.3. The number of amides is 4. The van der Waals surface area contributed by atoms with Gasteiger partial charge in [-0.2, -0.15) is 0 Å². The van der Waals surface area contributed by atoms with E-state index < -0.39 is 17.5 Å². The van der Waals surface area contributed by atoms with E-state index >= 15 is 0 Å². The lowest BCUT2D eigenvalue weighted by Gasteiger charge is -2.42. The van der Waals surface area contributed by atoms with Gasteiger partial charge in [-0.25, -0.2) is 4.79 Å². The number of carbonyl (C=O) groups is 4. The molecule has 0 aromatic carbocycles. The van der Waals surface area contributed by atoms with E-state index in [9.17, 15) is 19.2 Å². The molecule has 4 fully saturated rings. The fourth-order valence-corrected chi connectivity index (χ4v) is 4.71. The second-order valence-electron chi connectivity index (χ2n) is 8.77. The number of carboxylic acid groups (broad SMARTS) is 1. The van der Waals surface area contributed by atoms with Gasteiger partial charge >= 0.3 is 12.0 Å². The summed E-state index contributed by atoms with van der Waals surface area (Å²) in [6, 6.07) is -0.347. The number of imide groups is 1. The van der Waals surface area contributed by atoms with Crippen molar-refractivity contribution in [1.82, 2.24) is 20.4 Å². The lowest BCUT2D eigenvalue weighted by Crippen LogP contribution is -2.56. The van der Waals surface area contributed by atoms with Gasteiger partial charge in [0.25, 0.3) is 5.91 Å². The van der Waals surface area contributed by atoms with E-state index in [0.717, 1.165) is 37.1 Å². The van der Waals surface area contributed by atoms with Crippen LogP contribution in [-0.4, -0.2) is 76.0 Å². The fraction of sp³-hybridized carbons (Fsp3) is 0.789. The van der Waals surface area contributed by atoms with Crippen LogP contribution in [0, 0.1) is 5.92 Å². The Kier molecular flexibility index (Phi) is 5.03. The summed E-state index contributed by atoms with van der Waals surface area (Å²) in [5, 5.41) is 14.8. The highest BCUT2D eigenvalue weighted by molar-refractivity contribution is 6.09. The quantitative estimate of drug-likeness (QED) is 0.511. The summed E-state index contributed by atoms with van der Waals surface area (Å²) in [6.45, 7) is 0.586. The van der Waals surface area contributed by atoms with Gasteiger partial charge < -0.3 is 15.7 Å². The highest BCUT2D eigenvalue weighted by Crippen LogP contribution is 2.35. The molecule has 1 heterocycles. The van der Waals surface area contributed by atoms with Gasteiger partial charge in [-0.1, -0.05) is 12.8 Å². The molecule has 3 N–H and O–H groups in total. The summed E-state index contributed by atoms with van der Waals surface area (Å²) in [5.41, 5.74) is -0.793. The molecule has 4 rings (SSSR count). The monoisotopic (exact) mass is 392 g/mol. The molecule has 154 valence electrons. The molecular formula is C19H28N4O5. The Hall–Kier alpha value is -2.16. The summed E-state index contributed by atoms with van der Waals surface area (Å²) in [6.07, 6.45) is 6.83. The third kappa shape index (κ3) is 3.85. The van der Waals surface area contributed by atoms with Crippen molar-refractivity contribution in [3.8, 4) is 0 Å². The molecular weight excluding hydrogens is 364 g/mol. The van der Waals surface area contributed by atoms with E-state index in [1.807, 2.05) is 4.90 Å². The number of hydrogen-bond donors (Lipinski definition) is 3. The number of nitrogens with zero attached hydrogens (tertiary/aromatic N) is 2. The fourth-order valence-electron chi connectivity index (χ4n) is 4.71. The summed E-state index contributed by atoms with van der Waals surface area (Å²) in [7, 11) is 0. The van der Waals surface area contributed by atoms with Gasteiger partial charge in [0.2, 0.25) is 5.91 Å². The number of nitrogens with one attached hydrogen (secondary N) is 2. The van der Waals surface area contributed by atoms with Crippen molar-refractivity contribution in [1.29, 1.82) is 0 Å². The number of rotatable bonds is 8. The van der Waals surface area contributed by atoms with Gasteiger partial charge in [0.1, 0.15) is 12.1 Å². The van der Waals surface area contributed by atoms with Crippen molar-refractivity contribution >= 4 is 23.8 Å². The molecule has 9 nitrogen and oxygen atoms in total. The predicted molar refractivity (Wildman–Crippen MR) is 98.3 cm³/mol. The number of carbonyl (C=O) groups excluding carboxylic acids is 3. The van der Waals surface area contributed by atoms with Gasteiger partial charge in [-0.05, 0) is 44.4 Å². The van der Waals surface area contributed by atoms with Gasteiger partial charge in [-0.3, -0.25) is 24.2 Å². The van der Waals surface area contributed by atoms with Crippen LogP contribution in [0.2, 0.25) is 0 Å². The lowest BCUT2D eigenvalue weighted by molar-refractivity contribution is -0.140. The first-order chi connectivity index (χ1) is 13.4. The Bertz CT molecular complexity index is 680. The molecule has 0 radical (unpaired) electrons. The van der Waals surface area contributed by atoms with Crippen LogP contribution < -0.4 is 10.6 Å². The van der Waals surface area contributed by atoms with Crippen LogP contribution in [0.25, 0.3) is 0 Å². The molecule has 28 heavy (non-hydrogen) atoms. The Morgan fingerprint density at radius 1 is 1.21 bits per heavy atom. The first-order valence-electron chi connectivity index (χ1n) is 10.3. The van der Waals surface area contributed by atoms with E-state index in [0.29, 0.717) is 31.6 Å². The van der Waals surface area contributed by atoms with Crippen LogP contribution in [0.4, 0.5) is 4.79 Å². The van der Waals surface area contributed by atoms with Crippen molar-refractivity contribution in [3.63, 3.8) is 0 Å². The zero-order valence-electron chi connectivity index (χ0n) is 16.0. The van der Waals surface area contributed by atoms with Crippen molar-refractivity contribution in [2.24, 2.45) is 5.92 Å². The molecule has 9 heteroatoms. The third-order valence-corrected chi connectivity index (χ3v) is 6.53. The zero-order chi connectivity index (χ0) is 19.9. The second kappa shape index (κ2) is 7.35. The topological polar surface area (TPSA) is 119 Å². The summed E-state index contributed by atoms with van der Waals surface area (Å²) in [5.74, 6) is -0.842. The average Bonchev–Trinajstić information content (AvgIpc) is 3.23. The molecule has 0 atom stereocenters. The Balaban J connectivity index is 1.24. The maximum absolute atomic E-state index is 12.6. The predicted octanol–water partition coefficient (Wildman–Crippen LogP) is 0.295. The number of hydrogen-bond acceptors (Lipinski definition) is 5. The molecule has 1 saturated heterocycles. The molecule has 0 aromatic heterocycles. The molecule has 1 aliphatic heterocycles. The van der Waals surface area contributed by atoms with E-state index in [-0.39, 0.29) is 37.0 Å². The summed E-state index contributed by atoms with van der Waals surface area (Å²) >= 11 is 0. The van der Waals surface area contributed by atoms with Crippen LogP contribution in [-0.2, 0) is 14.4 Å². The molecule has 0 aromatic rings. The Morgan fingerprint density at radius 3 is 2.50 bits per heavy atom. The molecule has 3 saturated carbocycles. The van der Waals surface area contributed by atoms with Crippen molar-refractivity contribution in [2.45, 2.75) is 69.0 Å². The van der Waals surface area contributed by atoms with Gasteiger partial charge in [0.05, 0.1) is 6.54 Å². The standard InChI is InChI=1S/C19H28N4O5/c24-15(10-23-17(27)19(21-18(23)28)5-1-2-6-19)20-13-7-14(8-13)22(11-16(25)26)9-12-3-4-12/h12-14H,1-11H2,(H,20,24)(H,21,28)(H,25,26). The van der Waals surface area contributed by atoms with E-state index in [2.05, 4.69) is 10.6 Å². The maximum atomic E-state index is 12.6. The van der Waals surface area contributed by atoms with E-state index in [4.69, 9.17) is 5.11 Å². The molecule has 1 spiro atoms. The molecule has 4 amide bonds. The lowest BCUT2D eigenvalue weighted by atomic mass is 9.85. The number of urea groups is 1. The van der Waals surface area contributed by atoms with Crippen LogP contribution in [0.15, 0.2) is 0 Å². The van der Waals surface area contributed by atoms with Gasteiger partial charge in [-0.15, -0.1) is 0 Å². The van der Waals surface area contributed by atoms with Crippen LogP contribution >= 0.6 is 0 Å². The smallest absolute Gasteiger partial charge is 0.325 e. The average molecular weight is 392 g/mol. The molecule has 0 bridgehead atoms. The second-order valence-corrected chi connectivity index (χ2v) is 8.77. The van der Waals surface area contributed by atoms with Crippen LogP contribution in [0.3, 0.4) is 0 Å². The van der Waals surface area contributed by atoms with E-state index in [1.54, 1.807) is 0 Å². The molecule has 3 aliphatic carbocycles. The van der Waals surface area contributed by atoms with E-state index in [1.165, 1.54) is 0 Å². The summed E-state index contributed by atoms with van der Waals surface area (Å²) in [4.78, 5) is 51.2. The highest BCUT2D eigenvalue weighted by Gasteiger charge is 2.52. The third-order valence-electron chi connectivity index (χ3n) is 6.53. The van der Waals surface area contributed by atoms with Gasteiger partial charge in [0, 0.05) is 18.6 Å². The van der Waals surface area contributed by atoms with Crippen LogP contribution in [0.5, 0.6) is 0 Å². The summed E-state index contributed by atoms with van der Waals surface area (Å²) < 4.78 is 0. The minimum absolute atomic E-state index is 0.0331. The van der Waals surface area contributed by atoms with Crippen LogP contribution in [0.1, 0.15) is 51.4 Å². The largest absolute Gasteiger partial charge is 0.480 e. The maximum Gasteiger partial charge on any atom is 0.325 e.